The molecule has 1 heterocycles. The van der Waals surface area contributed by atoms with Gasteiger partial charge in [-0.05, 0) is 32.9 Å². The quantitative estimate of drug-likeness (QED) is 0.810. The smallest absolute Gasteiger partial charge is 0.329 e. The zero-order valence-corrected chi connectivity index (χ0v) is 11.6. The van der Waals surface area contributed by atoms with E-state index in [2.05, 4.69) is 5.10 Å². The monoisotopic (exact) mass is 265 g/mol. The molecule has 0 bridgehead atoms. The van der Waals surface area contributed by atoms with E-state index in [-0.39, 0.29) is 5.91 Å². The van der Waals surface area contributed by atoms with E-state index in [4.69, 9.17) is 5.11 Å². The van der Waals surface area contributed by atoms with Crippen molar-refractivity contribution in [3.63, 3.8) is 0 Å². The first-order valence-corrected chi connectivity index (χ1v) is 6.01. The van der Waals surface area contributed by atoms with Gasteiger partial charge in [0.05, 0.1) is 5.69 Å². The second kappa shape index (κ2) is 5.69. The second-order valence-electron chi connectivity index (χ2n) is 4.66. The lowest BCUT2D eigenvalue weighted by Gasteiger charge is -2.33. The number of hydrogen-bond donors (Lipinski definition) is 1. The van der Waals surface area contributed by atoms with Gasteiger partial charge in [-0.25, -0.2) is 4.79 Å². The zero-order chi connectivity index (χ0) is 14.6. The highest BCUT2D eigenvalue weighted by Gasteiger charge is 2.35. The minimum atomic E-state index is -1.23. The van der Waals surface area contributed by atoms with Crippen molar-refractivity contribution < 1.29 is 14.7 Å². The molecular formula is C13H19N3O3. The number of aliphatic carboxylic acids is 1. The maximum absolute atomic E-state index is 12.1. The molecule has 0 saturated heterocycles. The Hall–Kier alpha value is -2.11. The van der Waals surface area contributed by atoms with Crippen LogP contribution in [-0.2, 0) is 16.6 Å². The maximum Gasteiger partial charge on any atom is 0.329 e. The molecule has 1 N–H and O–H groups in total. The Balaban J connectivity index is 2.90. The van der Waals surface area contributed by atoms with Crippen molar-refractivity contribution in [1.29, 1.82) is 0 Å². The Morgan fingerprint density at radius 2 is 2.16 bits per heavy atom. The fourth-order valence-electron chi connectivity index (χ4n) is 1.74. The molecule has 1 rings (SSSR count). The van der Waals surface area contributed by atoms with Gasteiger partial charge in [0.2, 0.25) is 5.91 Å². The van der Waals surface area contributed by atoms with Crippen molar-refractivity contribution in [1.82, 2.24) is 14.7 Å². The van der Waals surface area contributed by atoms with Gasteiger partial charge in [0, 0.05) is 25.9 Å². The van der Waals surface area contributed by atoms with Crippen LogP contribution in [0.3, 0.4) is 0 Å². The molecule has 1 aromatic rings. The van der Waals surface area contributed by atoms with Crippen LogP contribution in [0, 0.1) is 0 Å². The van der Waals surface area contributed by atoms with Gasteiger partial charge in [-0.15, -0.1) is 0 Å². The van der Waals surface area contributed by atoms with Crippen molar-refractivity contribution in [3.05, 3.63) is 24.0 Å². The molecule has 0 unspecified atom stereocenters. The molecule has 104 valence electrons. The highest BCUT2D eigenvalue weighted by molar-refractivity contribution is 5.95. The summed E-state index contributed by atoms with van der Waals surface area (Å²) in [5.41, 5.74) is -0.458. The highest BCUT2D eigenvalue weighted by Crippen LogP contribution is 2.15. The second-order valence-corrected chi connectivity index (χ2v) is 4.66. The normalized spacial score (nSPS) is 11.8. The van der Waals surface area contributed by atoms with Crippen molar-refractivity contribution >= 4 is 18.0 Å². The minimum Gasteiger partial charge on any atom is -0.480 e. The predicted octanol–water partition coefficient (Wildman–Crippen LogP) is 1.15. The number of carbonyl (C=O) groups is 2. The number of amides is 1. The largest absolute Gasteiger partial charge is 0.480 e. The molecule has 6 nitrogen and oxygen atoms in total. The Morgan fingerprint density at radius 1 is 1.53 bits per heavy atom. The van der Waals surface area contributed by atoms with E-state index in [1.807, 2.05) is 0 Å². The van der Waals surface area contributed by atoms with Crippen molar-refractivity contribution in [2.24, 2.45) is 7.05 Å². The standard InChI is InChI=1S/C13H19N3O3/c1-5-16(13(2,3)12(18)19)11(17)7-6-10-8-9-14-15(10)4/h6-9H,5H2,1-4H3,(H,18,19). The van der Waals surface area contributed by atoms with Crippen LogP contribution in [0.2, 0.25) is 0 Å². The van der Waals surface area contributed by atoms with Crippen LogP contribution in [0.1, 0.15) is 26.5 Å². The van der Waals surface area contributed by atoms with Crippen LogP contribution in [0.4, 0.5) is 0 Å². The lowest BCUT2D eigenvalue weighted by molar-refractivity contribution is -0.154. The summed E-state index contributed by atoms with van der Waals surface area (Å²) >= 11 is 0. The first-order chi connectivity index (χ1) is 8.80. The molecule has 0 saturated carbocycles. The fourth-order valence-corrected chi connectivity index (χ4v) is 1.74. The van der Waals surface area contributed by atoms with Gasteiger partial charge in [-0.3, -0.25) is 9.48 Å². The lowest BCUT2D eigenvalue weighted by Crippen LogP contribution is -2.52. The molecule has 0 atom stereocenters. The molecule has 0 aliphatic rings. The molecule has 1 amide bonds. The van der Waals surface area contributed by atoms with E-state index in [1.165, 1.54) is 24.8 Å². The number of carbonyl (C=O) groups excluding carboxylic acids is 1. The first-order valence-electron chi connectivity index (χ1n) is 6.01. The average Bonchev–Trinajstić information content (AvgIpc) is 2.72. The summed E-state index contributed by atoms with van der Waals surface area (Å²) in [5.74, 6) is -1.37. The summed E-state index contributed by atoms with van der Waals surface area (Å²) in [7, 11) is 1.77. The van der Waals surface area contributed by atoms with Gasteiger partial charge in [0.25, 0.3) is 0 Å². The Bertz CT molecular complexity index is 503. The third kappa shape index (κ3) is 3.21. The van der Waals surface area contributed by atoms with E-state index in [0.29, 0.717) is 6.54 Å². The zero-order valence-electron chi connectivity index (χ0n) is 11.6. The van der Waals surface area contributed by atoms with Crippen LogP contribution in [-0.4, -0.2) is 43.7 Å². The molecule has 0 fully saturated rings. The van der Waals surface area contributed by atoms with E-state index >= 15 is 0 Å². The number of aryl methyl sites for hydroxylation is 1. The summed E-state index contributed by atoms with van der Waals surface area (Å²) < 4.78 is 1.63. The number of rotatable bonds is 5. The highest BCUT2D eigenvalue weighted by atomic mass is 16.4. The molecule has 0 aliphatic heterocycles. The van der Waals surface area contributed by atoms with E-state index < -0.39 is 11.5 Å². The molecule has 6 heteroatoms. The topological polar surface area (TPSA) is 75.4 Å². The average molecular weight is 265 g/mol. The number of carboxylic acid groups (broad SMARTS) is 1. The number of carboxylic acids is 1. The van der Waals surface area contributed by atoms with Crippen LogP contribution in [0.15, 0.2) is 18.3 Å². The summed E-state index contributed by atoms with van der Waals surface area (Å²) in [4.78, 5) is 24.6. The molecule has 0 spiro atoms. The third-order valence-corrected chi connectivity index (χ3v) is 3.04. The maximum atomic E-state index is 12.1. The van der Waals surface area contributed by atoms with Gasteiger partial charge in [0.1, 0.15) is 5.54 Å². The molecule has 19 heavy (non-hydrogen) atoms. The summed E-state index contributed by atoms with van der Waals surface area (Å²) in [6.45, 7) is 5.09. The number of likely N-dealkylation sites (N-methyl/N-ethyl adjacent to an activating group) is 1. The molecule has 0 radical (unpaired) electrons. The predicted molar refractivity (Wildman–Crippen MR) is 71.3 cm³/mol. The molecule has 1 aromatic heterocycles. The van der Waals surface area contributed by atoms with Crippen LogP contribution in [0.5, 0.6) is 0 Å². The van der Waals surface area contributed by atoms with Crippen LogP contribution >= 0.6 is 0 Å². The Labute approximate surface area is 112 Å². The van der Waals surface area contributed by atoms with Crippen molar-refractivity contribution in [2.75, 3.05) is 6.54 Å². The summed E-state index contributed by atoms with van der Waals surface area (Å²) in [6, 6.07) is 1.77. The van der Waals surface area contributed by atoms with Gasteiger partial charge in [0.15, 0.2) is 0 Å². The van der Waals surface area contributed by atoms with Crippen molar-refractivity contribution in [2.45, 2.75) is 26.3 Å². The number of hydrogen-bond acceptors (Lipinski definition) is 3. The minimum absolute atomic E-state index is 0.327. The van der Waals surface area contributed by atoms with E-state index in [0.717, 1.165) is 5.69 Å². The van der Waals surface area contributed by atoms with E-state index in [9.17, 15) is 9.59 Å². The lowest BCUT2D eigenvalue weighted by atomic mass is 10.0. The van der Waals surface area contributed by atoms with Gasteiger partial charge >= 0.3 is 5.97 Å². The summed E-state index contributed by atoms with van der Waals surface area (Å²) in [5, 5.41) is 13.1. The fraction of sp³-hybridized carbons (Fsp3) is 0.462. The number of nitrogens with zero attached hydrogens (tertiary/aromatic N) is 3. The van der Waals surface area contributed by atoms with E-state index in [1.54, 1.807) is 37.0 Å². The van der Waals surface area contributed by atoms with Gasteiger partial charge < -0.3 is 10.0 Å². The molecule has 0 aromatic carbocycles. The molecule has 0 aliphatic carbocycles. The van der Waals surface area contributed by atoms with Crippen molar-refractivity contribution in [3.8, 4) is 0 Å². The summed E-state index contributed by atoms with van der Waals surface area (Å²) in [6.07, 6.45) is 4.62. The number of aromatic nitrogens is 2. The van der Waals surface area contributed by atoms with Crippen LogP contribution < -0.4 is 0 Å². The molecular weight excluding hydrogens is 246 g/mol. The Kier molecular flexibility index (Phi) is 4.47. The van der Waals surface area contributed by atoms with Crippen LogP contribution in [0.25, 0.3) is 6.08 Å². The third-order valence-electron chi connectivity index (χ3n) is 3.04. The SMILES string of the molecule is CCN(C(=O)C=Cc1ccnn1C)C(C)(C)C(=O)O. The first kappa shape index (κ1) is 14.9. The van der Waals surface area contributed by atoms with Gasteiger partial charge in [-0.1, -0.05) is 0 Å². The Morgan fingerprint density at radius 3 is 2.58 bits per heavy atom. The van der Waals surface area contributed by atoms with Gasteiger partial charge in [-0.2, -0.15) is 5.10 Å².